The summed E-state index contributed by atoms with van der Waals surface area (Å²) in [5.41, 5.74) is 5.33. The van der Waals surface area contributed by atoms with Crippen molar-refractivity contribution in [1.29, 1.82) is 0 Å². The molecule has 1 unspecified atom stereocenters. The number of unbranched alkanes of at least 4 members (excludes halogenated alkanes) is 3. The fourth-order valence-electron chi connectivity index (χ4n) is 4.61. The molecule has 1 nitrogen and oxygen atoms in total. The molecule has 0 fully saturated rings. The zero-order chi connectivity index (χ0) is 20.3. The molecule has 0 aliphatic heterocycles. The van der Waals surface area contributed by atoms with Gasteiger partial charge in [-0.1, -0.05) is 68.3 Å². The lowest BCUT2D eigenvalue weighted by atomic mass is 10.0. The van der Waals surface area contributed by atoms with Gasteiger partial charge in [0.05, 0.1) is 0 Å². The van der Waals surface area contributed by atoms with E-state index in [0.29, 0.717) is 5.54 Å². The molecule has 1 aromatic carbocycles. The number of allylic oxidation sites excluding steroid dienone is 1. The molecule has 27 heavy (non-hydrogen) atoms. The summed E-state index contributed by atoms with van der Waals surface area (Å²) in [5.74, 6) is 0. The Morgan fingerprint density at radius 2 is 1.59 bits per heavy atom. The molecule has 0 radical (unpaired) electrons. The normalized spacial score (nSPS) is 17.8. The van der Waals surface area contributed by atoms with Gasteiger partial charge in [0, 0.05) is 11.1 Å². The standard InChI is InChI=1S/C22H37Cl2NSi2/c1-22(2,3)25-26(4,5)21-19(17-18-13-10-11-15-20(18)21)14-9-7-8-12-16-27(6,23)24/h10-11,13,15,17,21,25H,7-9,12,14,16H2,1-6H3. The number of nitrogens with one attached hydrogen (secondary N) is 1. The van der Waals surface area contributed by atoms with Crippen LogP contribution in [-0.2, 0) is 0 Å². The van der Waals surface area contributed by atoms with Crippen LogP contribution in [0.25, 0.3) is 6.08 Å². The van der Waals surface area contributed by atoms with E-state index in [1.807, 2.05) is 6.55 Å². The highest BCUT2D eigenvalue weighted by Crippen LogP contribution is 2.44. The van der Waals surface area contributed by atoms with E-state index in [1.165, 1.54) is 43.2 Å². The Balaban J connectivity index is 2.02. The number of rotatable bonds is 9. The lowest BCUT2D eigenvalue weighted by Gasteiger charge is -2.39. The van der Waals surface area contributed by atoms with E-state index in [4.69, 9.17) is 22.2 Å². The molecule has 1 N–H and O–H groups in total. The van der Waals surface area contributed by atoms with Crippen molar-refractivity contribution in [3.63, 3.8) is 0 Å². The van der Waals surface area contributed by atoms with Gasteiger partial charge in [0.2, 0.25) is 6.69 Å². The van der Waals surface area contributed by atoms with Crippen LogP contribution in [0, 0.1) is 0 Å². The van der Waals surface area contributed by atoms with Crippen molar-refractivity contribution in [2.75, 3.05) is 0 Å². The second-order valence-electron chi connectivity index (χ2n) is 9.86. The van der Waals surface area contributed by atoms with Crippen molar-refractivity contribution >= 4 is 43.2 Å². The van der Waals surface area contributed by atoms with Crippen LogP contribution >= 0.6 is 22.2 Å². The van der Waals surface area contributed by atoms with E-state index in [9.17, 15) is 0 Å². The lowest BCUT2D eigenvalue weighted by Crippen LogP contribution is -2.58. The maximum Gasteiger partial charge on any atom is 0.248 e. The molecule has 5 heteroatoms. The fourth-order valence-corrected chi connectivity index (χ4v) is 10.6. The van der Waals surface area contributed by atoms with Crippen LogP contribution in [0.15, 0.2) is 29.8 Å². The largest absolute Gasteiger partial charge is 0.332 e. The molecule has 0 aromatic heterocycles. The minimum atomic E-state index is -1.91. The molecule has 152 valence electrons. The van der Waals surface area contributed by atoms with Crippen LogP contribution in [0.1, 0.15) is 69.5 Å². The van der Waals surface area contributed by atoms with Gasteiger partial charge in [-0.2, -0.15) is 0 Å². The van der Waals surface area contributed by atoms with Crippen molar-refractivity contribution in [2.24, 2.45) is 0 Å². The third kappa shape index (κ3) is 7.36. The zero-order valence-corrected chi connectivity index (χ0v) is 21.5. The van der Waals surface area contributed by atoms with Crippen LogP contribution in [0.2, 0.25) is 25.7 Å². The predicted molar refractivity (Wildman–Crippen MR) is 129 cm³/mol. The van der Waals surface area contributed by atoms with Gasteiger partial charge in [-0.15, -0.1) is 22.2 Å². The Morgan fingerprint density at radius 3 is 2.22 bits per heavy atom. The first kappa shape index (κ1) is 23.2. The van der Waals surface area contributed by atoms with Gasteiger partial charge in [0.1, 0.15) is 8.24 Å². The van der Waals surface area contributed by atoms with Crippen LogP contribution in [0.3, 0.4) is 0 Å². The third-order valence-electron chi connectivity index (χ3n) is 5.27. The number of hydrogen-bond acceptors (Lipinski definition) is 1. The smallest absolute Gasteiger partial charge is 0.248 e. The first-order valence-electron chi connectivity index (χ1n) is 10.4. The van der Waals surface area contributed by atoms with Gasteiger partial charge >= 0.3 is 0 Å². The summed E-state index contributed by atoms with van der Waals surface area (Å²) in [6, 6.07) is 10.0. The molecular formula is C22H37Cl2NSi2. The molecule has 2 rings (SSSR count). The molecule has 1 aliphatic rings. The van der Waals surface area contributed by atoms with E-state index in [0.717, 1.165) is 6.04 Å². The van der Waals surface area contributed by atoms with Crippen molar-refractivity contribution < 1.29 is 0 Å². The number of fused-ring (bicyclic) bond motifs is 1. The summed E-state index contributed by atoms with van der Waals surface area (Å²) in [7, 11) is -1.67. The van der Waals surface area contributed by atoms with E-state index in [1.54, 1.807) is 5.57 Å². The highest BCUT2D eigenvalue weighted by Gasteiger charge is 2.41. The molecule has 0 amide bonds. The summed E-state index contributed by atoms with van der Waals surface area (Å²) >= 11 is 12.4. The van der Waals surface area contributed by atoms with Crippen LogP contribution in [0.5, 0.6) is 0 Å². The summed E-state index contributed by atoms with van der Waals surface area (Å²) < 4.78 is 0. The first-order valence-corrected chi connectivity index (χ1v) is 18.2. The van der Waals surface area contributed by atoms with E-state index in [2.05, 4.69) is 69.2 Å². The number of halogens is 2. The minimum Gasteiger partial charge on any atom is -0.332 e. The molecule has 0 bridgehead atoms. The van der Waals surface area contributed by atoms with Gasteiger partial charge < -0.3 is 4.98 Å². The Kier molecular flexibility index (Phi) is 7.88. The zero-order valence-electron chi connectivity index (χ0n) is 18.0. The molecule has 1 atom stereocenters. The summed E-state index contributed by atoms with van der Waals surface area (Å²) in [5, 5.41) is 0. The topological polar surface area (TPSA) is 12.0 Å². The maximum atomic E-state index is 6.22. The van der Waals surface area contributed by atoms with Crippen molar-refractivity contribution in [1.82, 2.24) is 4.98 Å². The van der Waals surface area contributed by atoms with Gasteiger partial charge in [0.25, 0.3) is 0 Å². The quantitative estimate of drug-likeness (QED) is 0.234. The number of benzene rings is 1. The number of hydrogen-bond donors (Lipinski definition) is 1. The van der Waals surface area contributed by atoms with Crippen molar-refractivity contribution in [3.05, 3.63) is 41.0 Å². The SMILES string of the molecule is CC(C)(C)N[Si](C)(C)C1C(CCCCCC[Si](C)(Cl)Cl)=Cc2ccccc21. The molecule has 0 heterocycles. The van der Waals surface area contributed by atoms with Crippen molar-refractivity contribution in [3.8, 4) is 0 Å². The van der Waals surface area contributed by atoms with Crippen LogP contribution in [-0.4, -0.2) is 20.5 Å². The molecule has 0 spiro atoms. The van der Waals surface area contributed by atoms with Gasteiger partial charge in [0.15, 0.2) is 0 Å². The molecule has 1 aliphatic carbocycles. The predicted octanol–water partition coefficient (Wildman–Crippen LogP) is 7.80. The highest BCUT2D eigenvalue weighted by atomic mass is 35.7. The molecule has 0 saturated heterocycles. The summed E-state index contributed by atoms with van der Waals surface area (Å²) in [6.07, 6.45) is 8.63. The van der Waals surface area contributed by atoms with E-state index in [-0.39, 0.29) is 5.54 Å². The second-order valence-corrected chi connectivity index (χ2v) is 22.4. The average molecular weight is 443 g/mol. The molecule has 1 aromatic rings. The second kappa shape index (κ2) is 9.17. The lowest BCUT2D eigenvalue weighted by molar-refractivity contribution is 0.507. The van der Waals surface area contributed by atoms with Crippen LogP contribution < -0.4 is 4.98 Å². The summed E-state index contributed by atoms with van der Waals surface area (Å²) in [6.45, 7) is 12.0. The maximum absolute atomic E-state index is 6.22. The van der Waals surface area contributed by atoms with E-state index < -0.39 is 14.9 Å². The van der Waals surface area contributed by atoms with Gasteiger partial charge in [-0.05, 0) is 57.3 Å². The van der Waals surface area contributed by atoms with Gasteiger partial charge in [-0.3, -0.25) is 0 Å². The molecule has 0 saturated carbocycles. The molecular weight excluding hydrogens is 405 g/mol. The first-order chi connectivity index (χ1) is 12.4. The third-order valence-corrected chi connectivity index (χ3v) is 11.2. The van der Waals surface area contributed by atoms with Gasteiger partial charge in [-0.25, -0.2) is 0 Å². The Morgan fingerprint density at radius 1 is 0.963 bits per heavy atom. The Hall–Kier alpha value is -0.0662. The minimum absolute atomic E-state index is 0.151. The average Bonchev–Trinajstić information content (AvgIpc) is 2.86. The van der Waals surface area contributed by atoms with Crippen molar-refractivity contribution in [2.45, 2.75) is 89.6 Å². The monoisotopic (exact) mass is 441 g/mol. The summed E-state index contributed by atoms with van der Waals surface area (Å²) in [4.78, 5) is 4.01. The fraction of sp³-hybridized carbons (Fsp3) is 0.636. The highest BCUT2D eigenvalue weighted by molar-refractivity contribution is 7.44. The Labute approximate surface area is 178 Å². The van der Waals surface area contributed by atoms with E-state index >= 15 is 0 Å². The van der Waals surface area contributed by atoms with Crippen LogP contribution in [0.4, 0.5) is 0 Å². The Bertz CT molecular complexity index is 657.